The summed E-state index contributed by atoms with van der Waals surface area (Å²) in [7, 11) is 0. The van der Waals surface area contributed by atoms with Crippen molar-refractivity contribution in [2.75, 3.05) is 18.1 Å². The summed E-state index contributed by atoms with van der Waals surface area (Å²) in [5.41, 5.74) is 6.58. The predicted molar refractivity (Wildman–Crippen MR) is 62.6 cm³/mol. The van der Waals surface area contributed by atoms with Gasteiger partial charge in [0.2, 0.25) is 5.91 Å². The number of nitrogens with two attached hydrogens (primary N) is 1. The summed E-state index contributed by atoms with van der Waals surface area (Å²) in [5, 5.41) is 0. The zero-order chi connectivity index (χ0) is 11.5. The Morgan fingerprint density at radius 1 is 1.50 bits per heavy atom. The van der Waals surface area contributed by atoms with E-state index < -0.39 is 0 Å². The third-order valence-corrected chi connectivity index (χ3v) is 2.50. The number of benzene rings is 1. The lowest BCUT2D eigenvalue weighted by atomic mass is 10.2. The molecule has 1 aromatic rings. The SMILES string of the molecule is C[C@H](N)CN1C(=O)CCOc2ccccc21. The minimum Gasteiger partial charge on any atom is -0.491 e. The van der Waals surface area contributed by atoms with Gasteiger partial charge in [-0.05, 0) is 19.1 Å². The quantitative estimate of drug-likeness (QED) is 0.813. The molecule has 1 heterocycles. The molecule has 0 fully saturated rings. The summed E-state index contributed by atoms with van der Waals surface area (Å²) in [6.45, 7) is 2.85. The van der Waals surface area contributed by atoms with Crippen LogP contribution in [0.1, 0.15) is 13.3 Å². The zero-order valence-corrected chi connectivity index (χ0v) is 9.35. The average molecular weight is 220 g/mol. The van der Waals surface area contributed by atoms with E-state index >= 15 is 0 Å². The van der Waals surface area contributed by atoms with E-state index in [0.717, 1.165) is 11.4 Å². The second kappa shape index (κ2) is 4.53. The van der Waals surface area contributed by atoms with Crippen LogP contribution in [0.2, 0.25) is 0 Å². The first-order valence-electron chi connectivity index (χ1n) is 5.46. The molecule has 1 aromatic carbocycles. The molecule has 86 valence electrons. The van der Waals surface area contributed by atoms with E-state index in [0.29, 0.717) is 19.6 Å². The molecular formula is C12H16N2O2. The summed E-state index contributed by atoms with van der Waals surface area (Å²) in [6.07, 6.45) is 0.404. The van der Waals surface area contributed by atoms with E-state index in [1.807, 2.05) is 31.2 Å². The van der Waals surface area contributed by atoms with Crippen molar-refractivity contribution >= 4 is 11.6 Å². The molecule has 4 nitrogen and oxygen atoms in total. The van der Waals surface area contributed by atoms with Crippen LogP contribution in [0, 0.1) is 0 Å². The standard InChI is InChI=1S/C12H16N2O2/c1-9(13)8-14-10-4-2-3-5-11(10)16-7-6-12(14)15/h2-5,9H,6-8,13H2,1H3/t9-/m0/s1. The Labute approximate surface area is 95.0 Å². The van der Waals surface area contributed by atoms with Crippen molar-refractivity contribution in [3.63, 3.8) is 0 Å². The van der Waals surface area contributed by atoms with E-state index in [-0.39, 0.29) is 11.9 Å². The molecule has 2 N–H and O–H groups in total. The molecule has 1 aliphatic rings. The topological polar surface area (TPSA) is 55.6 Å². The fraction of sp³-hybridized carbons (Fsp3) is 0.417. The predicted octanol–water partition coefficient (Wildman–Crippen LogP) is 1.15. The highest BCUT2D eigenvalue weighted by Gasteiger charge is 2.23. The Kier molecular flexibility index (Phi) is 3.10. The van der Waals surface area contributed by atoms with Gasteiger partial charge in [0, 0.05) is 12.6 Å². The van der Waals surface area contributed by atoms with Gasteiger partial charge < -0.3 is 15.4 Å². The van der Waals surface area contributed by atoms with E-state index in [9.17, 15) is 4.79 Å². The highest BCUT2D eigenvalue weighted by atomic mass is 16.5. The number of carbonyl (C=O) groups is 1. The Bertz CT molecular complexity index is 390. The van der Waals surface area contributed by atoms with Gasteiger partial charge in [-0.1, -0.05) is 12.1 Å². The van der Waals surface area contributed by atoms with Crippen LogP contribution in [0.15, 0.2) is 24.3 Å². The van der Waals surface area contributed by atoms with Gasteiger partial charge in [0.15, 0.2) is 0 Å². The van der Waals surface area contributed by atoms with Gasteiger partial charge in [-0.25, -0.2) is 0 Å². The number of ether oxygens (including phenoxy) is 1. The van der Waals surface area contributed by atoms with Gasteiger partial charge in [-0.15, -0.1) is 0 Å². The summed E-state index contributed by atoms with van der Waals surface area (Å²) >= 11 is 0. The highest BCUT2D eigenvalue weighted by Crippen LogP contribution is 2.30. The summed E-state index contributed by atoms with van der Waals surface area (Å²) < 4.78 is 5.53. The first-order chi connectivity index (χ1) is 7.68. The third-order valence-electron chi connectivity index (χ3n) is 2.50. The van der Waals surface area contributed by atoms with Gasteiger partial charge in [0.05, 0.1) is 18.7 Å². The maximum absolute atomic E-state index is 11.9. The van der Waals surface area contributed by atoms with Gasteiger partial charge in [0.25, 0.3) is 0 Å². The Balaban J connectivity index is 2.36. The summed E-state index contributed by atoms with van der Waals surface area (Å²) in [5.74, 6) is 0.830. The van der Waals surface area contributed by atoms with Gasteiger partial charge in [-0.2, -0.15) is 0 Å². The summed E-state index contributed by atoms with van der Waals surface area (Å²) in [6, 6.07) is 7.52. The third kappa shape index (κ3) is 2.17. The minimum absolute atomic E-state index is 0.0462. The van der Waals surface area contributed by atoms with Crippen LogP contribution < -0.4 is 15.4 Å². The normalized spacial score (nSPS) is 17.4. The van der Waals surface area contributed by atoms with Crippen LogP contribution in [0.5, 0.6) is 5.75 Å². The fourth-order valence-electron chi connectivity index (χ4n) is 1.81. The molecule has 1 aliphatic heterocycles. The van der Waals surface area contributed by atoms with Crippen molar-refractivity contribution in [2.24, 2.45) is 5.73 Å². The van der Waals surface area contributed by atoms with Crippen LogP contribution in [0.3, 0.4) is 0 Å². The number of amides is 1. The maximum atomic E-state index is 11.9. The number of nitrogens with zero attached hydrogens (tertiary/aromatic N) is 1. The van der Waals surface area contributed by atoms with E-state index in [4.69, 9.17) is 10.5 Å². The molecule has 4 heteroatoms. The smallest absolute Gasteiger partial charge is 0.230 e. The first-order valence-corrected chi connectivity index (χ1v) is 5.46. The molecule has 1 atom stereocenters. The molecule has 16 heavy (non-hydrogen) atoms. The lowest BCUT2D eigenvalue weighted by Gasteiger charge is -2.23. The van der Waals surface area contributed by atoms with Gasteiger partial charge in [0.1, 0.15) is 5.75 Å². The van der Waals surface area contributed by atoms with E-state index in [2.05, 4.69) is 0 Å². The number of fused-ring (bicyclic) bond motifs is 1. The molecule has 0 radical (unpaired) electrons. The van der Waals surface area contributed by atoms with E-state index in [1.54, 1.807) is 4.90 Å². The van der Waals surface area contributed by atoms with Gasteiger partial charge >= 0.3 is 0 Å². The molecule has 2 rings (SSSR count). The van der Waals surface area contributed by atoms with Crippen molar-refractivity contribution in [3.05, 3.63) is 24.3 Å². The van der Waals surface area contributed by atoms with Crippen LogP contribution in [0.4, 0.5) is 5.69 Å². The van der Waals surface area contributed by atoms with Crippen molar-refractivity contribution in [1.82, 2.24) is 0 Å². The monoisotopic (exact) mass is 220 g/mol. The maximum Gasteiger partial charge on any atom is 0.230 e. The second-order valence-corrected chi connectivity index (χ2v) is 4.05. The summed E-state index contributed by atoms with van der Waals surface area (Å²) in [4.78, 5) is 13.6. The number of rotatable bonds is 2. The molecule has 0 aliphatic carbocycles. The molecule has 0 saturated carbocycles. The molecule has 0 aromatic heterocycles. The van der Waals surface area contributed by atoms with Crippen LogP contribution in [-0.4, -0.2) is 25.1 Å². The number of hydrogen-bond acceptors (Lipinski definition) is 3. The number of carbonyl (C=O) groups excluding carboxylic acids is 1. The lowest BCUT2D eigenvalue weighted by molar-refractivity contribution is -0.118. The molecule has 0 unspecified atom stereocenters. The number of hydrogen-bond donors (Lipinski definition) is 1. The zero-order valence-electron chi connectivity index (χ0n) is 9.35. The Morgan fingerprint density at radius 2 is 2.25 bits per heavy atom. The van der Waals surface area contributed by atoms with Crippen molar-refractivity contribution in [1.29, 1.82) is 0 Å². The Morgan fingerprint density at radius 3 is 3.00 bits per heavy atom. The molecule has 0 saturated heterocycles. The molecular weight excluding hydrogens is 204 g/mol. The lowest BCUT2D eigenvalue weighted by Crippen LogP contribution is -2.39. The van der Waals surface area contributed by atoms with Crippen molar-refractivity contribution < 1.29 is 9.53 Å². The molecule has 1 amide bonds. The van der Waals surface area contributed by atoms with Crippen molar-refractivity contribution in [2.45, 2.75) is 19.4 Å². The number of para-hydroxylation sites is 2. The minimum atomic E-state index is -0.0462. The van der Waals surface area contributed by atoms with Crippen LogP contribution >= 0.6 is 0 Å². The largest absolute Gasteiger partial charge is 0.491 e. The fourth-order valence-corrected chi connectivity index (χ4v) is 1.81. The highest BCUT2D eigenvalue weighted by molar-refractivity contribution is 5.95. The van der Waals surface area contributed by atoms with Crippen LogP contribution in [-0.2, 0) is 4.79 Å². The molecule has 0 spiro atoms. The van der Waals surface area contributed by atoms with Gasteiger partial charge in [-0.3, -0.25) is 4.79 Å². The number of anilines is 1. The molecule has 0 bridgehead atoms. The average Bonchev–Trinajstić information content (AvgIpc) is 2.40. The second-order valence-electron chi connectivity index (χ2n) is 4.05. The van der Waals surface area contributed by atoms with Crippen LogP contribution in [0.25, 0.3) is 0 Å². The Hall–Kier alpha value is -1.55. The van der Waals surface area contributed by atoms with E-state index in [1.165, 1.54) is 0 Å². The van der Waals surface area contributed by atoms with Crippen molar-refractivity contribution in [3.8, 4) is 5.75 Å². The first kappa shape index (κ1) is 11.0.